The summed E-state index contributed by atoms with van der Waals surface area (Å²) in [6.45, 7) is -1.35. The van der Waals surface area contributed by atoms with Crippen LogP contribution in [0.2, 0.25) is 0 Å². The molecule has 0 fully saturated rings. The number of hydrogen-bond acceptors (Lipinski definition) is 8. The summed E-state index contributed by atoms with van der Waals surface area (Å²) in [7, 11) is 0. The van der Waals surface area contributed by atoms with Gasteiger partial charge in [-0.1, -0.05) is 18.2 Å². The SMILES string of the molecule is NC(N)=NCCCC(NC(=O)C(Cc1c[nH]c2ccccc12)NC(=O)C(CO)NC(=O)C(N)CO)C(=O)O. The second-order valence-corrected chi connectivity index (χ2v) is 8.51. The van der Waals surface area contributed by atoms with Crippen LogP contribution in [-0.4, -0.2) is 93.9 Å². The van der Waals surface area contributed by atoms with Gasteiger partial charge in [0, 0.05) is 30.1 Å². The van der Waals surface area contributed by atoms with Gasteiger partial charge in [0.2, 0.25) is 17.7 Å². The van der Waals surface area contributed by atoms with Crippen LogP contribution in [0.3, 0.4) is 0 Å². The van der Waals surface area contributed by atoms with Gasteiger partial charge in [-0.25, -0.2) is 4.79 Å². The number of carboxylic acid groups (broad SMARTS) is 1. The number of nitrogens with two attached hydrogens (primary N) is 3. The predicted molar refractivity (Wildman–Crippen MR) is 137 cm³/mol. The molecule has 0 bridgehead atoms. The number of aromatic amines is 1. The molecule has 15 heteroatoms. The maximum atomic E-state index is 13.2. The van der Waals surface area contributed by atoms with Crippen LogP contribution in [0.4, 0.5) is 0 Å². The Hall–Kier alpha value is -4.21. The number of hydrogen-bond donors (Lipinski definition) is 10. The van der Waals surface area contributed by atoms with E-state index >= 15 is 0 Å². The summed E-state index contributed by atoms with van der Waals surface area (Å²) in [5, 5.41) is 36.1. The molecule has 1 aromatic carbocycles. The number of guanidine groups is 1. The fraction of sp³-hybridized carbons (Fsp3) is 0.435. The average molecular weight is 535 g/mol. The number of aromatic nitrogens is 1. The smallest absolute Gasteiger partial charge is 0.326 e. The van der Waals surface area contributed by atoms with Crippen molar-refractivity contribution in [3.63, 3.8) is 0 Å². The third kappa shape index (κ3) is 8.72. The maximum Gasteiger partial charge on any atom is 0.326 e. The quantitative estimate of drug-likeness (QED) is 0.0614. The van der Waals surface area contributed by atoms with Gasteiger partial charge in [-0.05, 0) is 24.5 Å². The van der Waals surface area contributed by atoms with Gasteiger partial charge >= 0.3 is 5.97 Å². The minimum absolute atomic E-state index is 0.0139. The normalized spacial score (nSPS) is 14.1. The first-order valence-electron chi connectivity index (χ1n) is 11.8. The van der Waals surface area contributed by atoms with Gasteiger partial charge in [-0.15, -0.1) is 0 Å². The Bertz CT molecular complexity index is 1150. The Labute approximate surface area is 217 Å². The average Bonchev–Trinajstić information content (AvgIpc) is 3.30. The van der Waals surface area contributed by atoms with Crippen molar-refractivity contribution in [2.24, 2.45) is 22.2 Å². The van der Waals surface area contributed by atoms with E-state index in [1.165, 1.54) is 0 Å². The Morgan fingerprint density at radius 1 is 0.921 bits per heavy atom. The minimum Gasteiger partial charge on any atom is -0.480 e. The highest BCUT2D eigenvalue weighted by Crippen LogP contribution is 2.19. The van der Waals surface area contributed by atoms with Gasteiger partial charge < -0.3 is 53.5 Å². The highest BCUT2D eigenvalue weighted by molar-refractivity contribution is 5.95. The number of para-hydroxylation sites is 1. The third-order valence-electron chi connectivity index (χ3n) is 5.64. The van der Waals surface area contributed by atoms with Gasteiger partial charge in [-0.3, -0.25) is 19.4 Å². The number of rotatable bonds is 15. The zero-order chi connectivity index (χ0) is 28.2. The lowest BCUT2D eigenvalue weighted by atomic mass is 10.0. The first kappa shape index (κ1) is 30.0. The number of fused-ring (bicyclic) bond motifs is 1. The first-order valence-corrected chi connectivity index (χ1v) is 11.8. The monoisotopic (exact) mass is 534 g/mol. The van der Waals surface area contributed by atoms with Crippen molar-refractivity contribution in [2.75, 3.05) is 19.8 Å². The van der Waals surface area contributed by atoms with Crippen molar-refractivity contribution in [1.29, 1.82) is 0 Å². The van der Waals surface area contributed by atoms with Crippen LogP contribution >= 0.6 is 0 Å². The molecule has 0 radical (unpaired) electrons. The molecule has 0 aliphatic heterocycles. The van der Waals surface area contributed by atoms with E-state index in [0.717, 1.165) is 10.9 Å². The number of aliphatic carboxylic acids is 1. The number of H-pyrrole nitrogens is 1. The van der Waals surface area contributed by atoms with E-state index in [2.05, 4.69) is 25.9 Å². The molecule has 0 spiro atoms. The Morgan fingerprint density at radius 2 is 1.55 bits per heavy atom. The Kier molecular flexibility index (Phi) is 11.5. The van der Waals surface area contributed by atoms with E-state index in [4.69, 9.17) is 22.3 Å². The summed E-state index contributed by atoms with van der Waals surface area (Å²) in [6, 6.07) is 1.88. The summed E-state index contributed by atoms with van der Waals surface area (Å²) in [5.41, 5.74) is 17.4. The highest BCUT2D eigenvalue weighted by atomic mass is 16.4. The second-order valence-electron chi connectivity index (χ2n) is 8.51. The van der Waals surface area contributed by atoms with Crippen LogP contribution in [0.1, 0.15) is 18.4 Å². The fourth-order valence-electron chi connectivity index (χ4n) is 3.59. The van der Waals surface area contributed by atoms with Crippen molar-refractivity contribution in [3.05, 3.63) is 36.0 Å². The molecule has 15 nitrogen and oxygen atoms in total. The maximum absolute atomic E-state index is 13.2. The van der Waals surface area contributed by atoms with Crippen molar-refractivity contribution >= 4 is 40.6 Å². The first-order chi connectivity index (χ1) is 18.1. The molecule has 13 N–H and O–H groups in total. The lowest BCUT2D eigenvalue weighted by Crippen LogP contribution is -2.58. The van der Waals surface area contributed by atoms with Crippen molar-refractivity contribution < 1.29 is 34.5 Å². The van der Waals surface area contributed by atoms with Crippen molar-refractivity contribution in [1.82, 2.24) is 20.9 Å². The molecule has 3 amide bonds. The number of carboxylic acids is 1. The number of nitrogens with one attached hydrogen (secondary N) is 4. The molecule has 208 valence electrons. The van der Waals surface area contributed by atoms with Crippen LogP contribution in [0, 0.1) is 0 Å². The summed E-state index contributed by atoms with van der Waals surface area (Å²) >= 11 is 0. The van der Waals surface area contributed by atoms with Crippen molar-refractivity contribution in [3.8, 4) is 0 Å². The molecular formula is C23H34N8O7. The van der Waals surface area contributed by atoms with Gasteiger partial charge in [-0.2, -0.15) is 0 Å². The highest BCUT2D eigenvalue weighted by Gasteiger charge is 2.30. The van der Waals surface area contributed by atoms with Crippen LogP contribution in [0.5, 0.6) is 0 Å². The number of amides is 3. The molecule has 2 aromatic rings. The molecule has 0 saturated carbocycles. The van der Waals surface area contributed by atoms with Gasteiger partial charge in [0.15, 0.2) is 5.96 Å². The number of carbonyl (C=O) groups is 4. The largest absolute Gasteiger partial charge is 0.480 e. The van der Waals surface area contributed by atoms with Gasteiger partial charge in [0.1, 0.15) is 24.2 Å². The van der Waals surface area contributed by atoms with Gasteiger partial charge in [0.25, 0.3) is 0 Å². The number of carbonyl (C=O) groups excluding carboxylic acids is 3. The summed E-state index contributed by atoms with van der Waals surface area (Å²) in [4.78, 5) is 56.7. The molecule has 38 heavy (non-hydrogen) atoms. The molecule has 4 atom stereocenters. The van der Waals surface area contributed by atoms with Crippen LogP contribution in [-0.2, 0) is 25.6 Å². The molecule has 0 aliphatic rings. The van der Waals surface area contributed by atoms with Crippen LogP contribution in [0.15, 0.2) is 35.5 Å². The number of benzene rings is 1. The zero-order valence-electron chi connectivity index (χ0n) is 20.6. The topological polar surface area (TPSA) is 271 Å². The number of aliphatic hydroxyl groups is 2. The fourth-order valence-corrected chi connectivity index (χ4v) is 3.59. The molecular weight excluding hydrogens is 500 g/mol. The predicted octanol–water partition coefficient (Wildman–Crippen LogP) is -3.39. The van der Waals surface area contributed by atoms with E-state index < -0.39 is 61.1 Å². The number of nitrogens with zero attached hydrogens (tertiary/aromatic N) is 1. The van der Waals surface area contributed by atoms with E-state index in [1.54, 1.807) is 12.3 Å². The molecule has 1 aromatic heterocycles. The zero-order valence-corrected chi connectivity index (χ0v) is 20.6. The summed E-state index contributed by atoms with van der Waals surface area (Å²) in [6.07, 6.45) is 1.90. The lowest BCUT2D eigenvalue weighted by molar-refractivity contribution is -0.142. The van der Waals surface area contributed by atoms with Crippen LogP contribution in [0.25, 0.3) is 10.9 Å². The minimum atomic E-state index is -1.48. The number of aliphatic hydroxyl groups excluding tert-OH is 2. The van der Waals surface area contributed by atoms with E-state index in [9.17, 15) is 29.4 Å². The molecule has 1 heterocycles. The molecule has 0 aliphatic carbocycles. The standard InChI is InChI=1S/C23H34N8O7/c24-14(10-32)19(34)31-18(11-33)21(36)30-17(8-12-9-28-15-5-2-1-4-13(12)15)20(35)29-16(22(37)38)6-3-7-27-23(25)26/h1-2,4-5,9,14,16-18,28,32-33H,3,6-8,10-11,24H2,(H,29,35)(H,30,36)(H,31,34)(H,37,38)(H4,25,26,27). The summed E-state index contributed by atoms with van der Waals surface area (Å²) in [5.74, 6) is -4.03. The van der Waals surface area contributed by atoms with E-state index in [-0.39, 0.29) is 31.8 Å². The van der Waals surface area contributed by atoms with Crippen LogP contribution < -0.4 is 33.2 Å². The van der Waals surface area contributed by atoms with E-state index in [0.29, 0.717) is 5.56 Å². The molecule has 0 saturated heterocycles. The lowest BCUT2D eigenvalue weighted by Gasteiger charge is -2.24. The number of aliphatic imine (C=N–C) groups is 1. The second kappa shape index (κ2) is 14.5. The van der Waals surface area contributed by atoms with Crippen molar-refractivity contribution in [2.45, 2.75) is 43.4 Å². The Balaban J connectivity index is 2.24. The molecule has 2 rings (SSSR count). The molecule has 4 unspecified atom stereocenters. The third-order valence-corrected chi connectivity index (χ3v) is 5.64. The Morgan fingerprint density at radius 3 is 2.18 bits per heavy atom. The van der Waals surface area contributed by atoms with Gasteiger partial charge in [0.05, 0.1) is 13.2 Å². The van der Waals surface area contributed by atoms with E-state index in [1.807, 2.05) is 18.2 Å². The summed E-state index contributed by atoms with van der Waals surface area (Å²) < 4.78 is 0.